The van der Waals surface area contributed by atoms with Gasteiger partial charge in [0.15, 0.2) is 5.11 Å². The predicted octanol–water partition coefficient (Wildman–Crippen LogP) is 3.53. The summed E-state index contributed by atoms with van der Waals surface area (Å²) in [4.78, 5) is 12.4. The molecule has 0 aromatic heterocycles. The molecule has 1 aliphatic heterocycles. The average Bonchev–Trinajstić information content (AvgIpc) is 3.13. The molecule has 0 aliphatic carbocycles. The Labute approximate surface area is 189 Å². The molecule has 0 radical (unpaired) electrons. The van der Waals surface area contributed by atoms with Gasteiger partial charge in [0.2, 0.25) is 0 Å². The zero-order chi connectivity index (χ0) is 24.4. The van der Waals surface area contributed by atoms with Crippen LogP contribution in [0.25, 0.3) is 0 Å². The zero-order valence-electron chi connectivity index (χ0n) is 16.7. The smallest absolute Gasteiger partial charge is 0.396 e. The van der Waals surface area contributed by atoms with E-state index in [1.807, 2.05) is 0 Å². The molecule has 3 atom stereocenters. The number of ether oxygens (including phenoxy) is 1. The van der Waals surface area contributed by atoms with Gasteiger partial charge in [-0.2, -0.15) is 22.0 Å². The Morgan fingerprint density at radius 3 is 2.27 bits per heavy atom. The van der Waals surface area contributed by atoms with Crippen LogP contribution in [-0.4, -0.2) is 47.5 Å². The third-order valence-electron chi connectivity index (χ3n) is 5.38. The fraction of sp³-hybridized carbons (Fsp3) is 0.333. The quantitative estimate of drug-likeness (QED) is 0.440. The van der Waals surface area contributed by atoms with Crippen LogP contribution in [0.2, 0.25) is 0 Å². The van der Waals surface area contributed by atoms with Crippen molar-refractivity contribution in [2.45, 2.75) is 23.7 Å². The highest BCUT2D eigenvalue weighted by molar-refractivity contribution is 7.80. The second kappa shape index (κ2) is 9.27. The number of aliphatic hydroxyl groups excluding tert-OH is 1. The van der Waals surface area contributed by atoms with Crippen LogP contribution in [0, 0.1) is 11.7 Å². The fourth-order valence-electron chi connectivity index (χ4n) is 3.77. The number of carbonyl (C=O) groups excluding carboxylic acids is 1. The van der Waals surface area contributed by atoms with Gasteiger partial charge in [0, 0.05) is 17.0 Å². The standard InChI is InChI=1S/C21H18F6N2O3S/c22-15-9-5-4-8-13(15)19(29-18(33)28-17(31)12-6-2-1-3-7-12)11-32-16(14(19)10-30)20(23,24)21(25,26)27/h1-9,14,16,30H,10-11H2,(H2,28,29,31,33)/t14-,16-,19+/m0/s1. The Morgan fingerprint density at radius 1 is 1.09 bits per heavy atom. The minimum atomic E-state index is -5.99. The summed E-state index contributed by atoms with van der Waals surface area (Å²) in [6.07, 6.45) is -8.83. The van der Waals surface area contributed by atoms with E-state index in [4.69, 9.17) is 17.0 Å². The minimum Gasteiger partial charge on any atom is -0.396 e. The number of nitrogens with one attached hydrogen (secondary N) is 2. The van der Waals surface area contributed by atoms with E-state index in [2.05, 4.69) is 10.6 Å². The first-order valence-electron chi connectivity index (χ1n) is 9.54. The van der Waals surface area contributed by atoms with Crippen molar-refractivity contribution >= 4 is 23.2 Å². The van der Waals surface area contributed by atoms with E-state index in [-0.39, 0.29) is 11.1 Å². The summed E-state index contributed by atoms with van der Waals surface area (Å²) < 4.78 is 87.2. The minimum absolute atomic E-state index is 0.185. The number of benzene rings is 2. The van der Waals surface area contributed by atoms with Crippen LogP contribution in [0.5, 0.6) is 0 Å². The topological polar surface area (TPSA) is 70.6 Å². The van der Waals surface area contributed by atoms with Crippen LogP contribution in [0.4, 0.5) is 26.3 Å². The molecule has 3 rings (SSSR count). The maximum atomic E-state index is 14.7. The molecular weight excluding hydrogens is 474 g/mol. The van der Waals surface area contributed by atoms with Crippen LogP contribution in [-0.2, 0) is 10.3 Å². The first-order chi connectivity index (χ1) is 15.4. The summed E-state index contributed by atoms with van der Waals surface area (Å²) in [5, 5.41) is 14.1. The maximum absolute atomic E-state index is 14.7. The van der Waals surface area contributed by atoms with E-state index in [1.165, 1.54) is 24.3 Å². The number of amides is 1. The Morgan fingerprint density at radius 2 is 1.70 bits per heavy atom. The highest BCUT2D eigenvalue weighted by Crippen LogP contribution is 2.50. The molecule has 1 amide bonds. The Bertz CT molecular complexity index is 1020. The van der Waals surface area contributed by atoms with Gasteiger partial charge in [-0.15, -0.1) is 0 Å². The monoisotopic (exact) mass is 492 g/mol. The molecule has 0 unspecified atom stereocenters. The summed E-state index contributed by atoms with van der Waals surface area (Å²) in [5.74, 6) is -9.00. The molecule has 5 nitrogen and oxygen atoms in total. The lowest BCUT2D eigenvalue weighted by molar-refractivity contribution is -0.318. The second-order valence-corrected chi connectivity index (χ2v) is 7.78. The van der Waals surface area contributed by atoms with Crippen molar-refractivity contribution in [3.8, 4) is 0 Å². The number of halogens is 6. The first-order valence-corrected chi connectivity index (χ1v) is 9.95. The number of carbonyl (C=O) groups is 1. The van der Waals surface area contributed by atoms with E-state index in [9.17, 15) is 36.2 Å². The predicted molar refractivity (Wildman–Crippen MR) is 109 cm³/mol. The van der Waals surface area contributed by atoms with Gasteiger partial charge in [-0.05, 0) is 30.4 Å². The average molecular weight is 492 g/mol. The van der Waals surface area contributed by atoms with Crippen LogP contribution in [0.3, 0.4) is 0 Å². The van der Waals surface area contributed by atoms with E-state index in [0.717, 1.165) is 12.1 Å². The molecule has 1 heterocycles. The van der Waals surface area contributed by atoms with Crippen molar-refractivity contribution in [3.63, 3.8) is 0 Å². The molecule has 2 aromatic rings. The molecule has 3 N–H and O–H groups in total. The van der Waals surface area contributed by atoms with E-state index in [1.54, 1.807) is 18.2 Å². The highest BCUT2D eigenvalue weighted by atomic mass is 32.1. The van der Waals surface area contributed by atoms with Crippen LogP contribution in [0.1, 0.15) is 15.9 Å². The van der Waals surface area contributed by atoms with E-state index in [0.29, 0.717) is 0 Å². The van der Waals surface area contributed by atoms with Crippen LogP contribution >= 0.6 is 12.2 Å². The third-order valence-corrected chi connectivity index (χ3v) is 5.58. The fourth-order valence-corrected chi connectivity index (χ4v) is 4.04. The summed E-state index contributed by atoms with van der Waals surface area (Å²) in [6, 6.07) is 12.4. The van der Waals surface area contributed by atoms with Crippen LogP contribution < -0.4 is 10.6 Å². The molecule has 1 aliphatic rings. The summed E-state index contributed by atoms with van der Waals surface area (Å²) in [7, 11) is 0. The molecule has 1 fully saturated rings. The molecule has 0 bridgehead atoms. The van der Waals surface area contributed by atoms with Crippen molar-refractivity contribution in [1.29, 1.82) is 0 Å². The maximum Gasteiger partial charge on any atom is 0.456 e. The van der Waals surface area contributed by atoms with Gasteiger partial charge < -0.3 is 15.2 Å². The van der Waals surface area contributed by atoms with Gasteiger partial charge in [-0.25, -0.2) is 4.39 Å². The van der Waals surface area contributed by atoms with E-state index < -0.39 is 59.7 Å². The molecule has 1 saturated heterocycles. The number of thiocarbonyl (C=S) groups is 1. The normalized spacial score (nSPS) is 23.2. The summed E-state index contributed by atoms with van der Waals surface area (Å²) in [6.45, 7) is -2.12. The SMILES string of the molecule is O=C(NC(=S)N[C@@]1(c2ccccc2F)CO[C@H](C(F)(F)C(F)(F)F)[C@@H]1CO)c1ccccc1. The Kier molecular flexibility index (Phi) is 7.01. The molecule has 33 heavy (non-hydrogen) atoms. The number of rotatable bonds is 5. The third kappa shape index (κ3) is 4.68. The van der Waals surface area contributed by atoms with Gasteiger partial charge in [0.1, 0.15) is 11.9 Å². The second-order valence-electron chi connectivity index (χ2n) is 7.37. The molecule has 12 heteroatoms. The van der Waals surface area contributed by atoms with Gasteiger partial charge >= 0.3 is 12.1 Å². The van der Waals surface area contributed by atoms with Gasteiger partial charge in [-0.1, -0.05) is 36.4 Å². The van der Waals surface area contributed by atoms with Gasteiger partial charge in [0.25, 0.3) is 5.91 Å². The van der Waals surface area contributed by atoms with Gasteiger partial charge in [-0.3, -0.25) is 10.1 Å². The molecule has 0 spiro atoms. The lowest BCUT2D eigenvalue weighted by Crippen LogP contribution is -2.59. The molecular formula is C21H18F6N2O3S. The molecule has 178 valence electrons. The number of alkyl halides is 5. The zero-order valence-corrected chi connectivity index (χ0v) is 17.5. The van der Waals surface area contributed by atoms with Crippen LogP contribution in [0.15, 0.2) is 54.6 Å². The number of hydrogen-bond donors (Lipinski definition) is 3. The summed E-state index contributed by atoms with van der Waals surface area (Å²) in [5.41, 5.74) is -2.31. The van der Waals surface area contributed by atoms with Gasteiger partial charge in [0.05, 0.1) is 18.8 Å². The Hall–Kier alpha value is -2.70. The molecule has 2 aromatic carbocycles. The van der Waals surface area contributed by atoms with E-state index >= 15 is 0 Å². The Balaban J connectivity index is 1.99. The van der Waals surface area contributed by atoms with Crippen molar-refractivity contribution in [2.75, 3.05) is 13.2 Å². The summed E-state index contributed by atoms with van der Waals surface area (Å²) >= 11 is 5.08. The number of aliphatic hydroxyl groups is 1. The molecule has 0 saturated carbocycles. The van der Waals surface area contributed by atoms with Crippen molar-refractivity contribution in [1.82, 2.24) is 10.6 Å². The highest BCUT2D eigenvalue weighted by Gasteiger charge is 2.70. The lowest BCUT2D eigenvalue weighted by Gasteiger charge is -2.38. The van der Waals surface area contributed by atoms with Crippen molar-refractivity contribution in [3.05, 3.63) is 71.5 Å². The largest absolute Gasteiger partial charge is 0.456 e. The van der Waals surface area contributed by atoms with Crippen molar-refractivity contribution in [2.24, 2.45) is 5.92 Å². The lowest BCUT2D eigenvalue weighted by atomic mass is 9.76. The first kappa shape index (κ1) is 24.9. The van der Waals surface area contributed by atoms with Crippen molar-refractivity contribution < 1.29 is 41.0 Å². The number of hydrogen-bond acceptors (Lipinski definition) is 4.